The third-order valence-electron chi connectivity index (χ3n) is 5.32. The van der Waals surface area contributed by atoms with Crippen molar-refractivity contribution in [2.45, 2.75) is 57.2 Å². The van der Waals surface area contributed by atoms with Gasteiger partial charge < -0.3 is 14.6 Å². The molecule has 0 aromatic heterocycles. The lowest BCUT2D eigenvalue weighted by Crippen LogP contribution is -2.39. The molecular weight excluding hydrogens is 289 g/mol. The summed E-state index contributed by atoms with van der Waals surface area (Å²) in [5, 5.41) is 3.09. The highest BCUT2D eigenvalue weighted by Gasteiger charge is 2.50. The zero-order valence-electron chi connectivity index (χ0n) is 12.3. The summed E-state index contributed by atoms with van der Waals surface area (Å²) in [7, 11) is 2.31. The van der Waals surface area contributed by atoms with E-state index >= 15 is 0 Å². The molecule has 0 radical (unpaired) electrons. The molecule has 118 valence electrons. The van der Waals surface area contributed by atoms with Crippen LogP contribution in [0.5, 0.6) is 0 Å². The minimum absolute atomic E-state index is 0.0281. The van der Waals surface area contributed by atoms with Gasteiger partial charge in [0.15, 0.2) is 0 Å². The van der Waals surface area contributed by atoms with Crippen LogP contribution in [0.15, 0.2) is 0 Å². The molecule has 5 nitrogen and oxygen atoms in total. The molecule has 2 saturated carbocycles. The average Bonchev–Trinajstić information content (AvgIpc) is 3.01. The van der Waals surface area contributed by atoms with Crippen molar-refractivity contribution in [3.63, 3.8) is 0 Å². The number of nitrogens with one attached hydrogen (secondary N) is 1. The molecule has 6 heteroatoms. The van der Waals surface area contributed by atoms with Crippen LogP contribution < -0.4 is 5.32 Å². The first kappa shape index (κ1) is 15.2. The summed E-state index contributed by atoms with van der Waals surface area (Å²) >= 11 is 0. The minimum Gasteiger partial charge on any atom is -0.462 e. The maximum atomic E-state index is 12.3. The van der Waals surface area contributed by atoms with Gasteiger partial charge in [0.05, 0.1) is 12.5 Å². The monoisotopic (exact) mass is 313 g/mol. The van der Waals surface area contributed by atoms with E-state index in [0.717, 1.165) is 32.1 Å². The number of esters is 1. The Balaban J connectivity index is 1.55. The van der Waals surface area contributed by atoms with E-state index in [1.807, 2.05) is 0 Å². The predicted molar refractivity (Wildman–Crippen MR) is 80.3 cm³/mol. The molecule has 1 saturated heterocycles. The van der Waals surface area contributed by atoms with Gasteiger partial charge in [-0.3, -0.25) is 9.59 Å². The Morgan fingerprint density at radius 2 is 2.10 bits per heavy atom. The molecule has 3 rings (SSSR count). The molecule has 0 spiro atoms. The average molecular weight is 313 g/mol. The molecule has 1 N–H and O–H groups in total. The van der Waals surface area contributed by atoms with Crippen molar-refractivity contribution in [3.05, 3.63) is 0 Å². The number of carbonyl (C=O) groups is 2. The number of fused-ring (bicyclic) bond motifs is 1. The lowest BCUT2D eigenvalue weighted by atomic mass is 9.88. The smallest absolute Gasteiger partial charge is 0.306 e. The van der Waals surface area contributed by atoms with E-state index in [-0.39, 0.29) is 41.8 Å². The zero-order chi connectivity index (χ0) is 14.8. The normalized spacial score (nSPS) is 36.3. The van der Waals surface area contributed by atoms with Crippen LogP contribution in [-0.2, 0) is 18.8 Å². The summed E-state index contributed by atoms with van der Waals surface area (Å²) in [6, 6.07) is 0. The molecule has 21 heavy (non-hydrogen) atoms. The third-order valence-corrected chi connectivity index (χ3v) is 5.67. The maximum Gasteiger partial charge on any atom is 0.306 e. The van der Waals surface area contributed by atoms with Crippen LogP contribution in [0.2, 0.25) is 0 Å². The first-order valence-corrected chi connectivity index (χ1v) is 8.49. The predicted octanol–water partition coefficient (Wildman–Crippen LogP) is 1.81. The summed E-state index contributed by atoms with van der Waals surface area (Å²) in [5.74, 6) is 0.593. The standard InChI is InChI=1S/C15H24NO4P/c17-14-6-10-11(13(20-21)7-12(10)19-14)8-16-15(18)9-4-2-1-3-5-9/h9-13H,1-8,21H2,(H,16,18)/t10-,11-,12?,13?/m1/s1. The van der Waals surface area contributed by atoms with E-state index in [1.165, 1.54) is 6.42 Å². The molecule has 1 heterocycles. The number of ether oxygens (including phenoxy) is 1. The molecule has 1 amide bonds. The minimum atomic E-state index is -0.115. The fraction of sp³-hybridized carbons (Fsp3) is 0.867. The number of rotatable bonds is 4. The number of carbonyl (C=O) groups excluding carboxylic acids is 2. The molecule has 3 unspecified atom stereocenters. The Labute approximate surface area is 127 Å². The van der Waals surface area contributed by atoms with Crippen LogP contribution >= 0.6 is 9.47 Å². The van der Waals surface area contributed by atoms with Crippen LogP contribution in [0, 0.1) is 17.8 Å². The number of hydrogen-bond donors (Lipinski definition) is 1. The van der Waals surface area contributed by atoms with Crippen molar-refractivity contribution in [3.8, 4) is 0 Å². The van der Waals surface area contributed by atoms with Gasteiger partial charge >= 0.3 is 5.97 Å². The van der Waals surface area contributed by atoms with Crippen molar-refractivity contribution in [1.29, 1.82) is 0 Å². The first-order chi connectivity index (χ1) is 10.2. The van der Waals surface area contributed by atoms with Crippen LogP contribution in [0.25, 0.3) is 0 Å². The molecule has 3 aliphatic rings. The lowest BCUT2D eigenvalue weighted by Gasteiger charge is -2.25. The Hall–Kier alpha value is -0.670. The molecule has 5 atom stereocenters. The highest BCUT2D eigenvalue weighted by Crippen LogP contribution is 2.43. The van der Waals surface area contributed by atoms with Gasteiger partial charge in [-0.2, -0.15) is 0 Å². The molecule has 3 fully saturated rings. The van der Waals surface area contributed by atoms with E-state index in [0.29, 0.717) is 13.0 Å². The van der Waals surface area contributed by atoms with Crippen molar-refractivity contribution >= 4 is 21.3 Å². The Morgan fingerprint density at radius 3 is 2.81 bits per heavy atom. The Kier molecular flexibility index (Phi) is 4.80. The highest BCUT2D eigenvalue weighted by atomic mass is 31.0. The summed E-state index contributed by atoms with van der Waals surface area (Å²) in [6.07, 6.45) is 6.80. The van der Waals surface area contributed by atoms with E-state index in [2.05, 4.69) is 14.8 Å². The number of amides is 1. The second kappa shape index (κ2) is 6.62. The van der Waals surface area contributed by atoms with Gasteiger partial charge in [-0.05, 0) is 12.8 Å². The molecule has 0 aromatic rings. The van der Waals surface area contributed by atoms with Gasteiger partial charge in [-0.1, -0.05) is 19.3 Å². The SMILES string of the molecule is O=C1C[C@H]2C(CC(OP)[C@@H]2CNC(=O)C2CCCCC2)O1. The molecule has 0 aromatic carbocycles. The van der Waals surface area contributed by atoms with E-state index in [1.54, 1.807) is 0 Å². The van der Waals surface area contributed by atoms with Crippen molar-refractivity contribution in [2.75, 3.05) is 6.54 Å². The fourth-order valence-electron chi connectivity index (χ4n) is 4.12. The van der Waals surface area contributed by atoms with Gasteiger partial charge in [0.2, 0.25) is 5.91 Å². The second-order valence-corrected chi connectivity index (χ2v) is 6.82. The number of hydrogen-bond acceptors (Lipinski definition) is 4. The molecule has 0 bridgehead atoms. The fourth-order valence-corrected chi connectivity index (χ4v) is 4.44. The van der Waals surface area contributed by atoms with Crippen LogP contribution in [0.3, 0.4) is 0 Å². The lowest BCUT2D eigenvalue weighted by molar-refractivity contribution is -0.141. The van der Waals surface area contributed by atoms with Crippen molar-refractivity contribution < 1.29 is 18.8 Å². The van der Waals surface area contributed by atoms with Gasteiger partial charge in [0.1, 0.15) is 6.10 Å². The quantitative estimate of drug-likeness (QED) is 0.635. The van der Waals surface area contributed by atoms with Crippen molar-refractivity contribution in [1.82, 2.24) is 5.32 Å². The Bertz CT molecular complexity index is 410. The van der Waals surface area contributed by atoms with Gasteiger partial charge in [-0.15, -0.1) is 0 Å². The summed E-state index contributed by atoms with van der Waals surface area (Å²) in [4.78, 5) is 23.7. The first-order valence-electron chi connectivity index (χ1n) is 8.01. The highest BCUT2D eigenvalue weighted by molar-refractivity contribution is 7.09. The molecule has 1 aliphatic heterocycles. The summed E-state index contributed by atoms with van der Waals surface area (Å²) in [6.45, 7) is 0.589. The second-order valence-electron chi connectivity index (χ2n) is 6.55. The van der Waals surface area contributed by atoms with Crippen LogP contribution in [0.1, 0.15) is 44.9 Å². The van der Waals surface area contributed by atoms with Gasteiger partial charge in [0.25, 0.3) is 0 Å². The third kappa shape index (κ3) is 3.24. The van der Waals surface area contributed by atoms with Crippen molar-refractivity contribution in [2.24, 2.45) is 17.8 Å². The topological polar surface area (TPSA) is 64.6 Å². The summed E-state index contributed by atoms with van der Waals surface area (Å²) in [5.41, 5.74) is 0. The summed E-state index contributed by atoms with van der Waals surface area (Å²) < 4.78 is 10.8. The van der Waals surface area contributed by atoms with Gasteiger partial charge in [0, 0.05) is 40.2 Å². The molecular formula is C15H24NO4P. The van der Waals surface area contributed by atoms with E-state index < -0.39 is 0 Å². The maximum absolute atomic E-state index is 12.3. The van der Waals surface area contributed by atoms with Crippen LogP contribution in [0.4, 0.5) is 0 Å². The van der Waals surface area contributed by atoms with Crippen LogP contribution in [-0.4, -0.2) is 30.6 Å². The molecule has 2 aliphatic carbocycles. The van der Waals surface area contributed by atoms with E-state index in [9.17, 15) is 9.59 Å². The van der Waals surface area contributed by atoms with E-state index in [4.69, 9.17) is 9.26 Å². The largest absolute Gasteiger partial charge is 0.462 e. The van der Waals surface area contributed by atoms with Gasteiger partial charge in [-0.25, -0.2) is 0 Å². The Morgan fingerprint density at radius 1 is 1.33 bits per heavy atom. The zero-order valence-corrected chi connectivity index (χ0v) is 13.4.